The zero-order valence-electron chi connectivity index (χ0n) is 19.9. The molecule has 0 unspecified atom stereocenters. The first-order chi connectivity index (χ1) is 16.2. The number of rotatable bonds is 8. The Morgan fingerprint density at radius 2 is 1.91 bits per heavy atom. The molecule has 34 heavy (non-hydrogen) atoms. The van der Waals surface area contributed by atoms with Crippen molar-refractivity contribution < 1.29 is 9.90 Å². The predicted octanol–water partition coefficient (Wildman–Crippen LogP) is 3.57. The summed E-state index contributed by atoms with van der Waals surface area (Å²) in [5.41, 5.74) is 12.4. The molecule has 0 spiro atoms. The fourth-order valence-corrected chi connectivity index (χ4v) is 4.29. The molecule has 10 heteroatoms. The van der Waals surface area contributed by atoms with Gasteiger partial charge >= 0.3 is 0 Å². The summed E-state index contributed by atoms with van der Waals surface area (Å²) in [4.78, 5) is 28.4. The Morgan fingerprint density at radius 3 is 2.50 bits per heavy atom. The number of amidine groups is 1. The van der Waals surface area contributed by atoms with Crippen molar-refractivity contribution in [1.82, 2.24) is 9.97 Å². The normalized spacial score (nSPS) is 16.4. The number of benzene rings is 1. The molecule has 1 saturated heterocycles. The van der Waals surface area contributed by atoms with Gasteiger partial charge in [0.15, 0.2) is 11.0 Å². The Morgan fingerprint density at radius 1 is 1.24 bits per heavy atom. The minimum Gasteiger partial charge on any atom is -0.402 e. The average Bonchev–Trinajstić information content (AvgIpc) is 2.80. The van der Waals surface area contributed by atoms with Gasteiger partial charge in [-0.2, -0.15) is 0 Å². The van der Waals surface area contributed by atoms with Crippen molar-refractivity contribution >= 4 is 40.8 Å². The molecule has 9 nitrogen and oxygen atoms in total. The number of nitrogens with two attached hydrogens (primary N) is 2. The molecule has 0 saturated carbocycles. The number of hydrogen-bond donors (Lipinski definition) is 4. The van der Waals surface area contributed by atoms with E-state index in [1.807, 2.05) is 38.1 Å². The summed E-state index contributed by atoms with van der Waals surface area (Å²) in [6.45, 7) is 6.95. The minimum absolute atomic E-state index is 0.0326. The SMILES string of the molecule is CCC(=O)Nc1ccc(Sc2nc(/N=C(N)/C=C(/C)N)cc(N3CCC(O)(CC)CC3)n2)cc1. The zero-order valence-corrected chi connectivity index (χ0v) is 20.7. The van der Waals surface area contributed by atoms with Crippen LogP contribution >= 0.6 is 11.8 Å². The predicted molar refractivity (Wildman–Crippen MR) is 137 cm³/mol. The molecule has 0 bridgehead atoms. The molecule has 2 heterocycles. The van der Waals surface area contributed by atoms with Crippen LogP contribution in [0.1, 0.15) is 46.5 Å². The minimum atomic E-state index is -0.620. The van der Waals surface area contributed by atoms with Crippen molar-refractivity contribution in [2.24, 2.45) is 16.5 Å². The van der Waals surface area contributed by atoms with Crippen molar-refractivity contribution in [1.29, 1.82) is 0 Å². The Bertz CT molecular complexity index is 1060. The van der Waals surface area contributed by atoms with Crippen LogP contribution in [-0.2, 0) is 4.79 Å². The molecular weight excluding hydrogens is 450 g/mol. The molecule has 182 valence electrons. The first kappa shape index (κ1) is 25.5. The Kier molecular flexibility index (Phi) is 8.51. The molecule has 1 aliphatic heterocycles. The van der Waals surface area contributed by atoms with E-state index in [-0.39, 0.29) is 11.7 Å². The third kappa shape index (κ3) is 7.19. The molecule has 1 aromatic carbocycles. The van der Waals surface area contributed by atoms with E-state index in [0.717, 1.165) is 22.8 Å². The lowest BCUT2D eigenvalue weighted by Crippen LogP contribution is -2.44. The standard InChI is InChI=1S/C24H33N7O2S/c1-4-22(32)27-17-6-8-18(9-7-17)34-23-29-20(28-19(26)14-16(3)25)15-21(30-23)31-12-10-24(33,5-2)11-13-31/h6-9,14-15,33H,4-5,10-13,25H2,1-3H3,(H,27,32)(H2,26,28,29,30)/b16-14-. The monoisotopic (exact) mass is 483 g/mol. The highest BCUT2D eigenvalue weighted by Crippen LogP contribution is 2.32. The summed E-state index contributed by atoms with van der Waals surface area (Å²) in [6.07, 6.45) is 4.10. The Hall–Kier alpha value is -3.11. The zero-order chi connectivity index (χ0) is 24.7. The molecule has 1 amide bonds. The van der Waals surface area contributed by atoms with Crippen LogP contribution in [0.4, 0.5) is 17.3 Å². The van der Waals surface area contributed by atoms with Crippen molar-refractivity contribution in [3.63, 3.8) is 0 Å². The van der Waals surface area contributed by atoms with Gasteiger partial charge in [-0.05, 0) is 68.3 Å². The molecule has 2 aromatic rings. The molecular formula is C24H33N7O2S. The molecule has 1 aromatic heterocycles. The van der Waals surface area contributed by atoms with E-state index < -0.39 is 5.60 Å². The maximum Gasteiger partial charge on any atom is 0.224 e. The van der Waals surface area contributed by atoms with E-state index in [4.69, 9.17) is 16.5 Å². The van der Waals surface area contributed by atoms with Gasteiger partial charge in [0, 0.05) is 41.9 Å². The van der Waals surface area contributed by atoms with Crippen LogP contribution in [0.3, 0.4) is 0 Å². The first-order valence-electron chi connectivity index (χ1n) is 11.4. The third-order valence-electron chi connectivity index (χ3n) is 5.64. The lowest BCUT2D eigenvalue weighted by atomic mass is 9.89. The largest absolute Gasteiger partial charge is 0.402 e. The van der Waals surface area contributed by atoms with E-state index in [1.165, 1.54) is 11.8 Å². The van der Waals surface area contributed by atoms with E-state index >= 15 is 0 Å². The van der Waals surface area contributed by atoms with Gasteiger partial charge in [-0.15, -0.1) is 0 Å². The van der Waals surface area contributed by atoms with Crippen molar-refractivity contribution in [2.45, 2.75) is 62.1 Å². The molecule has 1 fully saturated rings. The number of piperidine rings is 1. The highest BCUT2D eigenvalue weighted by Gasteiger charge is 2.31. The number of carbonyl (C=O) groups is 1. The summed E-state index contributed by atoms with van der Waals surface area (Å²) in [6, 6.07) is 9.32. The number of aliphatic hydroxyl groups is 1. The summed E-state index contributed by atoms with van der Waals surface area (Å²) in [5, 5.41) is 14.0. The van der Waals surface area contributed by atoms with Crippen LogP contribution in [0.15, 0.2) is 57.1 Å². The average molecular weight is 484 g/mol. The van der Waals surface area contributed by atoms with Crippen LogP contribution in [-0.4, -0.2) is 45.5 Å². The second kappa shape index (κ2) is 11.3. The van der Waals surface area contributed by atoms with Gasteiger partial charge in [0.25, 0.3) is 0 Å². The van der Waals surface area contributed by atoms with Crippen LogP contribution in [0, 0.1) is 0 Å². The fraction of sp³-hybridized carbons (Fsp3) is 0.417. The second-order valence-corrected chi connectivity index (χ2v) is 9.43. The van der Waals surface area contributed by atoms with Gasteiger partial charge in [-0.3, -0.25) is 4.79 Å². The van der Waals surface area contributed by atoms with Crippen LogP contribution < -0.4 is 21.7 Å². The van der Waals surface area contributed by atoms with Crippen LogP contribution in [0.2, 0.25) is 0 Å². The molecule has 0 aliphatic carbocycles. The number of nitrogens with zero attached hydrogens (tertiary/aromatic N) is 4. The fourth-order valence-electron chi connectivity index (χ4n) is 3.53. The quantitative estimate of drug-likeness (QED) is 0.253. The number of hydrogen-bond acceptors (Lipinski definition) is 8. The van der Waals surface area contributed by atoms with Crippen molar-refractivity contribution in [3.05, 3.63) is 42.1 Å². The lowest BCUT2D eigenvalue weighted by molar-refractivity contribution is -0.115. The van der Waals surface area contributed by atoms with Crippen molar-refractivity contribution in [2.75, 3.05) is 23.3 Å². The maximum absolute atomic E-state index is 11.6. The van der Waals surface area contributed by atoms with Gasteiger partial charge in [0.05, 0.1) is 5.60 Å². The Balaban J connectivity index is 1.87. The Labute approximate surface area is 204 Å². The van der Waals surface area contributed by atoms with Gasteiger partial charge in [-0.25, -0.2) is 15.0 Å². The van der Waals surface area contributed by atoms with E-state index in [1.54, 1.807) is 19.1 Å². The second-order valence-electron chi connectivity index (χ2n) is 8.39. The molecule has 3 rings (SSSR count). The van der Waals surface area contributed by atoms with Gasteiger partial charge < -0.3 is 26.8 Å². The molecule has 6 N–H and O–H groups in total. The third-order valence-corrected chi connectivity index (χ3v) is 6.52. The number of anilines is 2. The van der Waals surface area contributed by atoms with E-state index in [0.29, 0.717) is 49.0 Å². The molecule has 0 radical (unpaired) electrons. The van der Waals surface area contributed by atoms with Gasteiger partial charge in [-0.1, -0.05) is 13.8 Å². The smallest absolute Gasteiger partial charge is 0.224 e. The van der Waals surface area contributed by atoms with Gasteiger partial charge in [0.1, 0.15) is 11.7 Å². The topological polar surface area (TPSA) is 143 Å². The number of aromatic nitrogens is 2. The number of allylic oxidation sites excluding steroid dienone is 1. The molecule has 1 aliphatic rings. The maximum atomic E-state index is 11.6. The summed E-state index contributed by atoms with van der Waals surface area (Å²) >= 11 is 1.40. The number of carbonyl (C=O) groups excluding carboxylic acids is 1. The summed E-state index contributed by atoms with van der Waals surface area (Å²) < 4.78 is 0. The van der Waals surface area contributed by atoms with Crippen LogP contribution in [0.25, 0.3) is 0 Å². The summed E-state index contributed by atoms with van der Waals surface area (Å²) in [5.74, 6) is 1.40. The van der Waals surface area contributed by atoms with E-state index in [9.17, 15) is 9.90 Å². The highest BCUT2D eigenvalue weighted by molar-refractivity contribution is 7.99. The lowest BCUT2D eigenvalue weighted by Gasteiger charge is -2.38. The van der Waals surface area contributed by atoms with Crippen molar-refractivity contribution in [3.8, 4) is 0 Å². The number of amides is 1. The molecule has 0 atom stereocenters. The van der Waals surface area contributed by atoms with Crippen LogP contribution in [0.5, 0.6) is 0 Å². The highest BCUT2D eigenvalue weighted by atomic mass is 32.2. The first-order valence-corrected chi connectivity index (χ1v) is 12.2. The number of aliphatic imine (C=N–C) groups is 1. The number of nitrogens with one attached hydrogen (secondary N) is 1. The van der Waals surface area contributed by atoms with E-state index in [2.05, 4.69) is 20.2 Å². The summed E-state index contributed by atoms with van der Waals surface area (Å²) in [7, 11) is 0. The van der Waals surface area contributed by atoms with Gasteiger partial charge in [0.2, 0.25) is 5.91 Å².